The molecule has 1 saturated carbocycles. The van der Waals surface area contributed by atoms with E-state index in [0.29, 0.717) is 19.4 Å². The average Bonchev–Trinajstić information content (AvgIpc) is 2.79. The fraction of sp³-hybridized carbons (Fsp3) is 0.462. The summed E-state index contributed by atoms with van der Waals surface area (Å²) < 4.78 is 5.47. The van der Waals surface area contributed by atoms with E-state index in [1.54, 1.807) is 7.11 Å². The molecule has 0 amide bonds. The number of methoxy groups -OCH3 is 1. The summed E-state index contributed by atoms with van der Waals surface area (Å²) in [5.74, 6) is 0.279. The number of ketones is 1. The smallest absolute Gasteiger partial charge is 0.303 e. The molecular weight excluding hydrogens is 390 g/mol. The van der Waals surface area contributed by atoms with Gasteiger partial charge in [-0.1, -0.05) is 55.3 Å². The third kappa shape index (κ3) is 5.73. The van der Waals surface area contributed by atoms with Crippen molar-refractivity contribution in [3.63, 3.8) is 0 Å². The summed E-state index contributed by atoms with van der Waals surface area (Å²) in [5.41, 5.74) is 1.50. The van der Waals surface area contributed by atoms with E-state index in [1.165, 1.54) is 5.56 Å². The van der Waals surface area contributed by atoms with Crippen LogP contribution < -0.4 is 4.74 Å². The largest absolute Gasteiger partial charge is 0.497 e. The van der Waals surface area contributed by atoms with E-state index in [1.807, 2.05) is 42.5 Å². The Bertz CT molecular complexity index is 867. The Hall–Kier alpha value is -2.66. The summed E-state index contributed by atoms with van der Waals surface area (Å²) >= 11 is 0. The molecule has 166 valence electrons. The minimum atomic E-state index is -0.753. The second-order valence-electron chi connectivity index (χ2n) is 8.33. The highest BCUT2D eigenvalue weighted by Crippen LogP contribution is 2.42. The number of ether oxygens (including phenoxy) is 1. The Morgan fingerprint density at radius 1 is 1.06 bits per heavy atom. The van der Waals surface area contributed by atoms with Crippen molar-refractivity contribution < 1.29 is 19.4 Å². The number of rotatable bonds is 11. The van der Waals surface area contributed by atoms with Gasteiger partial charge in [0.15, 0.2) is 5.78 Å². The number of carboxylic acid groups (broad SMARTS) is 1. The van der Waals surface area contributed by atoms with Gasteiger partial charge in [0, 0.05) is 19.4 Å². The normalized spacial score (nSPS) is 18.8. The fourth-order valence-electron chi connectivity index (χ4n) is 4.68. The quantitative estimate of drug-likeness (QED) is 0.504. The highest BCUT2D eigenvalue weighted by Gasteiger charge is 2.46. The molecule has 31 heavy (non-hydrogen) atoms. The van der Waals surface area contributed by atoms with Gasteiger partial charge < -0.3 is 9.84 Å². The van der Waals surface area contributed by atoms with Crippen LogP contribution in [0.2, 0.25) is 0 Å². The van der Waals surface area contributed by atoms with Gasteiger partial charge in [-0.15, -0.1) is 0 Å². The van der Waals surface area contributed by atoms with Crippen LogP contribution in [0.5, 0.6) is 5.75 Å². The highest BCUT2D eigenvalue weighted by atomic mass is 16.5. The molecule has 1 atom stereocenters. The Morgan fingerprint density at radius 2 is 1.87 bits per heavy atom. The maximum Gasteiger partial charge on any atom is 0.303 e. The van der Waals surface area contributed by atoms with Gasteiger partial charge in [-0.05, 0) is 55.5 Å². The number of unbranched alkanes of at least 4 members (excludes halogenated alkanes) is 2. The number of hydrogen-bond donors (Lipinski definition) is 1. The van der Waals surface area contributed by atoms with Crippen molar-refractivity contribution in [3.8, 4) is 5.75 Å². The van der Waals surface area contributed by atoms with Crippen LogP contribution in [0.15, 0.2) is 54.6 Å². The molecule has 1 aliphatic carbocycles. The molecule has 1 N–H and O–H groups in total. The molecule has 0 bridgehead atoms. The predicted molar refractivity (Wildman–Crippen MR) is 121 cm³/mol. The highest BCUT2D eigenvalue weighted by molar-refractivity contribution is 5.90. The molecule has 2 aromatic rings. The Morgan fingerprint density at radius 3 is 2.58 bits per heavy atom. The van der Waals surface area contributed by atoms with Crippen LogP contribution in [0.1, 0.15) is 62.5 Å². The van der Waals surface area contributed by atoms with Gasteiger partial charge in [-0.25, -0.2) is 0 Å². The lowest BCUT2D eigenvalue weighted by atomic mass is 9.73. The molecule has 3 rings (SSSR count). The molecule has 0 heterocycles. The maximum absolute atomic E-state index is 13.6. The summed E-state index contributed by atoms with van der Waals surface area (Å²) in [6.07, 6.45) is 5.87. The standard InChI is InChI=1S/C26H33NO4/c1-31-23-14-10-13-22(19-23)26(17-8-7-15-24(26)28)27(18-9-3-6-16-25(29)30)20-21-11-4-2-5-12-21/h2,4-5,10-14,19H,3,6-9,15-18,20H2,1H3,(H,29,30). The number of Topliss-reactive ketones (excluding diaryl/α,β-unsaturated/α-hetero) is 1. The Labute approximate surface area is 185 Å². The molecule has 2 aromatic carbocycles. The molecule has 0 aromatic heterocycles. The molecule has 5 heteroatoms. The number of carbonyl (C=O) groups excluding carboxylic acids is 1. The topological polar surface area (TPSA) is 66.8 Å². The molecular formula is C26H33NO4. The second-order valence-corrected chi connectivity index (χ2v) is 8.33. The van der Waals surface area contributed by atoms with Gasteiger partial charge in [-0.2, -0.15) is 0 Å². The van der Waals surface area contributed by atoms with Crippen molar-refractivity contribution in [1.29, 1.82) is 0 Å². The van der Waals surface area contributed by atoms with Crippen LogP contribution in [-0.2, 0) is 21.7 Å². The van der Waals surface area contributed by atoms with Crippen LogP contribution in [0, 0.1) is 0 Å². The first-order valence-electron chi connectivity index (χ1n) is 11.2. The van der Waals surface area contributed by atoms with E-state index in [0.717, 1.165) is 50.0 Å². The van der Waals surface area contributed by atoms with Gasteiger partial charge in [-0.3, -0.25) is 14.5 Å². The molecule has 1 aliphatic rings. The molecule has 0 saturated heterocycles. The zero-order valence-corrected chi connectivity index (χ0v) is 18.4. The van der Waals surface area contributed by atoms with Gasteiger partial charge >= 0.3 is 5.97 Å². The van der Waals surface area contributed by atoms with Crippen molar-refractivity contribution in [2.45, 2.75) is 63.5 Å². The number of nitrogens with zero attached hydrogens (tertiary/aromatic N) is 1. The van der Waals surface area contributed by atoms with Crippen molar-refractivity contribution in [2.24, 2.45) is 0 Å². The van der Waals surface area contributed by atoms with E-state index < -0.39 is 11.5 Å². The second kappa shape index (κ2) is 11.1. The lowest BCUT2D eigenvalue weighted by molar-refractivity contribution is -0.137. The molecule has 0 aliphatic heterocycles. The van der Waals surface area contributed by atoms with E-state index in [2.05, 4.69) is 17.0 Å². The van der Waals surface area contributed by atoms with Gasteiger partial charge in [0.25, 0.3) is 0 Å². The first kappa shape index (κ1) is 23.0. The Kier molecular flexibility index (Phi) is 8.24. The number of benzene rings is 2. The van der Waals surface area contributed by atoms with Crippen molar-refractivity contribution in [1.82, 2.24) is 4.90 Å². The van der Waals surface area contributed by atoms with Crippen molar-refractivity contribution >= 4 is 11.8 Å². The number of hydrogen-bond acceptors (Lipinski definition) is 4. The first-order chi connectivity index (χ1) is 15.1. The molecule has 5 nitrogen and oxygen atoms in total. The number of aliphatic carboxylic acids is 1. The van der Waals surface area contributed by atoms with Crippen molar-refractivity contribution in [3.05, 3.63) is 65.7 Å². The summed E-state index contributed by atoms with van der Waals surface area (Å²) in [4.78, 5) is 26.8. The average molecular weight is 424 g/mol. The summed E-state index contributed by atoms with van der Waals surface area (Å²) in [6.45, 7) is 1.43. The van der Waals surface area contributed by atoms with Crippen LogP contribution >= 0.6 is 0 Å². The van der Waals surface area contributed by atoms with Gasteiger partial charge in [0.1, 0.15) is 11.3 Å². The maximum atomic E-state index is 13.6. The van der Waals surface area contributed by atoms with Gasteiger partial charge in [0.2, 0.25) is 0 Å². The zero-order chi connectivity index (χ0) is 22.1. The summed E-state index contributed by atoms with van der Waals surface area (Å²) in [5, 5.41) is 8.93. The zero-order valence-electron chi connectivity index (χ0n) is 18.4. The fourth-order valence-corrected chi connectivity index (χ4v) is 4.68. The van der Waals surface area contributed by atoms with Gasteiger partial charge in [0.05, 0.1) is 7.11 Å². The lowest BCUT2D eigenvalue weighted by Gasteiger charge is -2.46. The van der Waals surface area contributed by atoms with Crippen LogP contribution in [0.25, 0.3) is 0 Å². The van der Waals surface area contributed by atoms with Crippen LogP contribution in [-0.4, -0.2) is 35.4 Å². The molecule has 0 spiro atoms. The Balaban J connectivity index is 1.93. The lowest BCUT2D eigenvalue weighted by Crippen LogP contribution is -2.53. The first-order valence-corrected chi connectivity index (χ1v) is 11.2. The number of carbonyl (C=O) groups is 2. The van der Waals surface area contributed by atoms with Crippen LogP contribution in [0.3, 0.4) is 0 Å². The number of carboxylic acids is 1. The monoisotopic (exact) mass is 423 g/mol. The van der Waals surface area contributed by atoms with E-state index >= 15 is 0 Å². The minimum absolute atomic E-state index is 0.193. The third-order valence-corrected chi connectivity index (χ3v) is 6.28. The van der Waals surface area contributed by atoms with Crippen molar-refractivity contribution in [2.75, 3.05) is 13.7 Å². The van der Waals surface area contributed by atoms with E-state index in [-0.39, 0.29) is 12.2 Å². The van der Waals surface area contributed by atoms with E-state index in [4.69, 9.17) is 9.84 Å². The summed E-state index contributed by atoms with van der Waals surface area (Å²) in [6, 6.07) is 18.2. The molecule has 0 radical (unpaired) electrons. The SMILES string of the molecule is COc1cccc(C2(N(CCCCCC(=O)O)Cc3ccccc3)CCCCC2=O)c1. The summed E-state index contributed by atoms with van der Waals surface area (Å²) in [7, 11) is 1.65. The predicted octanol–water partition coefficient (Wildman–Crippen LogP) is 5.18. The molecule has 1 unspecified atom stereocenters. The van der Waals surface area contributed by atoms with Crippen LogP contribution in [0.4, 0.5) is 0 Å². The van der Waals surface area contributed by atoms with E-state index in [9.17, 15) is 9.59 Å². The molecule has 1 fully saturated rings. The third-order valence-electron chi connectivity index (χ3n) is 6.28. The minimum Gasteiger partial charge on any atom is -0.497 e.